The van der Waals surface area contributed by atoms with Crippen molar-refractivity contribution >= 4 is 22.2 Å². The van der Waals surface area contributed by atoms with Crippen molar-refractivity contribution in [3.63, 3.8) is 0 Å². The van der Waals surface area contributed by atoms with E-state index in [9.17, 15) is 78.7 Å². The van der Waals surface area contributed by atoms with Crippen LogP contribution in [0.2, 0.25) is 0 Å². The molecule has 9 fully saturated rings. The Hall–Kier alpha value is -2.39. The van der Waals surface area contributed by atoms with Gasteiger partial charge in [-0.05, 0) is 100 Å². The highest BCUT2D eigenvalue weighted by Gasteiger charge is 2.76. The van der Waals surface area contributed by atoms with E-state index in [0.29, 0.717) is 37.7 Å². The number of methoxy groups -OCH3 is 1. The summed E-state index contributed by atoms with van der Waals surface area (Å²) in [6.45, 7) is 14.6. The molecule has 10 rings (SSSR count). The molecule has 508 valence electrons. The number of aliphatic hydroxyl groups excluding tert-OH is 11. The number of carbonyl (C=O) groups excluding carboxylic acids is 2. The van der Waals surface area contributed by atoms with Gasteiger partial charge < -0.3 is 113 Å². The van der Waals surface area contributed by atoms with Crippen LogP contribution < -0.4 is 0 Å². The molecule has 6 heterocycles. The highest BCUT2D eigenvalue weighted by Crippen LogP contribution is 2.76. The molecule has 0 aromatic heterocycles. The van der Waals surface area contributed by atoms with E-state index in [2.05, 4.69) is 40.3 Å². The maximum absolute atomic E-state index is 14.5. The lowest BCUT2D eigenvalue weighted by atomic mass is 9.41. The predicted molar refractivity (Wildman–Crippen MR) is 298 cm³/mol. The molecule has 3 saturated carbocycles. The molecule has 89 heavy (non-hydrogen) atoms. The van der Waals surface area contributed by atoms with Crippen molar-refractivity contribution in [2.24, 2.45) is 39.4 Å². The van der Waals surface area contributed by atoms with Crippen LogP contribution in [0.3, 0.4) is 0 Å². The molecule has 12 N–H and O–H groups in total. The first-order valence-corrected chi connectivity index (χ1v) is 32.2. The standard InChI is InChI=1S/C59H92O29S/c1-24(2)28(62)13-18-58(8)34-14-17-57(7)27-10-11-33-55(4,5)35(15-16-56(33,6)26(27)12-19-59(34,57)54(72)87-58)82-52-47(39(67)32(23-78-52)88-89(73,74)75)86-53-48(85-49-40(68)36(64)29(63)22-77-49)41(69)44(25(3)79-53)83-51-43(71)46(38(66)31(21-61)81-51)84-50-42(70)45(76-9)37(65)30(20-60)80-50/h10,25-26,29-53,60-61,63-71H,1,11-23H2,2-9H3,(H,73,74,75)/t25-,26+,29-,30-,31-,32-,33+,34-,35?,36+,37-,38-,39+,40-,41+,42-,43-,44-,45+,46+,47-,48-,49+,50+,51+,52+,53+,56-,57+,58+,59-/m1/s1. The number of hydrogen-bond donors (Lipinski definition) is 12. The Morgan fingerprint density at radius 1 is 0.663 bits per heavy atom. The van der Waals surface area contributed by atoms with Crippen LogP contribution >= 0.6 is 0 Å². The Bertz CT molecular complexity index is 2700. The lowest BCUT2D eigenvalue weighted by Gasteiger charge is -2.64. The molecular weight excluding hydrogens is 1200 g/mol. The van der Waals surface area contributed by atoms with Crippen LogP contribution in [0.1, 0.15) is 106 Å². The van der Waals surface area contributed by atoms with Crippen LogP contribution in [0.5, 0.6) is 0 Å². The maximum Gasteiger partial charge on any atom is 0.397 e. The van der Waals surface area contributed by atoms with E-state index in [1.807, 2.05) is 6.92 Å². The zero-order valence-electron chi connectivity index (χ0n) is 51.3. The number of ketones is 1. The first-order chi connectivity index (χ1) is 41.7. The molecule has 4 aliphatic carbocycles. The summed E-state index contributed by atoms with van der Waals surface area (Å²) in [5.41, 5.74) is -1.34. The summed E-state index contributed by atoms with van der Waals surface area (Å²) in [7, 11) is -4.10. The fourth-order valence-electron chi connectivity index (χ4n) is 17.3. The van der Waals surface area contributed by atoms with E-state index in [0.717, 1.165) is 19.3 Å². The zero-order valence-corrected chi connectivity index (χ0v) is 52.1. The molecule has 6 aliphatic heterocycles. The molecule has 0 bridgehead atoms. The number of allylic oxidation sites excluding steroid dienone is 3. The van der Waals surface area contributed by atoms with Crippen molar-refractivity contribution in [3.05, 3.63) is 23.8 Å². The minimum Gasteiger partial charge on any atom is -0.459 e. The highest BCUT2D eigenvalue weighted by molar-refractivity contribution is 7.80. The maximum atomic E-state index is 14.5. The summed E-state index contributed by atoms with van der Waals surface area (Å²) in [6, 6.07) is 0. The van der Waals surface area contributed by atoms with Crippen molar-refractivity contribution < 1.29 is 140 Å². The van der Waals surface area contributed by atoms with Crippen LogP contribution in [0.25, 0.3) is 0 Å². The van der Waals surface area contributed by atoms with Gasteiger partial charge in [-0.1, -0.05) is 45.9 Å². The number of aliphatic hydroxyl groups is 11. The minimum absolute atomic E-state index is 0.0368. The molecular formula is C59H92O29S. The van der Waals surface area contributed by atoms with Crippen LogP contribution in [0.4, 0.5) is 0 Å². The third-order valence-electron chi connectivity index (χ3n) is 22.2. The summed E-state index contributed by atoms with van der Waals surface area (Å²) in [5.74, 6) is -0.304. The third kappa shape index (κ3) is 12.2. The number of Topliss-reactive ketones (excluding diaryl/α,β-unsaturated/α-hetero) is 1. The van der Waals surface area contributed by atoms with Gasteiger partial charge in [-0.15, -0.1) is 0 Å². The lowest BCUT2D eigenvalue weighted by Crippen LogP contribution is -2.68. The first-order valence-electron chi connectivity index (χ1n) is 30.8. The Balaban J connectivity index is 0.903. The molecule has 0 aromatic rings. The van der Waals surface area contributed by atoms with Crippen molar-refractivity contribution in [2.75, 3.05) is 33.5 Å². The second kappa shape index (κ2) is 26.0. The fraction of sp³-hybridized carbons (Fsp3) is 0.898. The molecule has 31 atom stereocenters. The Morgan fingerprint density at radius 2 is 1.26 bits per heavy atom. The van der Waals surface area contributed by atoms with E-state index in [1.54, 1.807) is 6.92 Å². The minimum atomic E-state index is -5.26. The summed E-state index contributed by atoms with van der Waals surface area (Å²) >= 11 is 0. The number of fused-ring (bicyclic) bond motifs is 4. The van der Waals surface area contributed by atoms with E-state index in [1.165, 1.54) is 19.6 Å². The number of hydrogen-bond acceptors (Lipinski definition) is 28. The van der Waals surface area contributed by atoms with Gasteiger partial charge >= 0.3 is 16.4 Å². The first kappa shape index (κ1) is 69.4. The van der Waals surface area contributed by atoms with Crippen molar-refractivity contribution in [1.82, 2.24) is 0 Å². The van der Waals surface area contributed by atoms with Gasteiger partial charge in [0.2, 0.25) is 0 Å². The zero-order chi connectivity index (χ0) is 65.0. The molecule has 0 aromatic carbocycles. The number of ether oxygens (including phenoxy) is 12. The highest BCUT2D eigenvalue weighted by atomic mass is 32.3. The van der Waals surface area contributed by atoms with Crippen molar-refractivity contribution in [1.29, 1.82) is 0 Å². The smallest absolute Gasteiger partial charge is 0.397 e. The summed E-state index contributed by atoms with van der Waals surface area (Å²) < 4.78 is 112. The number of esters is 1. The lowest BCUT2D eigenvalue weighted by molar-refractivity contribution is -0.403. The predicted octanol–water partition coefficient (Wildman–Crippen LogP) is -1.92. The van der Waals surface area contributed by atoms with Gasteiger partial charge in [0.15, 0.2) is 37.2 Å². The van der Waals surface area contributed by atoms with Gasteiger partial charge in [-0.25, -0.2) is 4.18 Å². The summed E-state index contributed by atoms with van der Waals surface area (Å²) in [5, 5.41) is 122. The molecule has 6 saturated heterocycles. The van der Waals surface area contributed by atoms with Gasteiger partial charge in [-0.3, -0.25) is 14.1 Å². The molecule has 29 nitrogen and oxygen atoms in total. The largest absolute Gasteiger partial charge is 0.459 e. The third-order valence-corrected chi connectivity index (χ3v) is 22.7. The number of carbonyl (C=O) groups is 2. The van der Waals surface area contributed by atoms with Crippen LogP contribution in [-0.2, 0) is 81.0 Å². The topological polar surface area (TPSA) is 431 Å². The van der Waals surface area contributed by atoms with Crippen LogP contribution in [-0.4, -0.2) is 267 Å². The van der Waals surface area contributed by atoms with Gasteiger partial charge in [-0.2, -0.15) is 8.42 Å². The van der Waals surface area contributed by atoms with Crippen molar-refractivity contribution in [3.8, 4) is 0 Å². The number of cyclic esters (lactones) is 1. The molecule has 1 unspecified atom stereocenters. The molecule has 10 aliphatic rings. The average Bonchev–Trinajstić information content (AvgIpc) is 1.56. The SMILES string of the molecule is C=C(C)C(=O)CC[C@]1(C)OC(=O)[C@]23CC[C@H]4C(=CC[C@H]5C(C)(C)C(O[C@@H]6OC[C@@H](OS(=O)(=O)O)[C@H](O)[C@H]6O[C@@H]6O[C@H](C)[C@@H](O[C@@H]7O[C@H](CO)[C@@H](O)[C@H](O[C@@H]8O[C@H](CO)[C@@H](O)[C@H](OC)[C@H]8O)[C@H]7O)[C@H](O)[C@H]6O[C@@H]6OC[C@@H](O)[C@H](O)[C@H]6O)CC[C@]45C)[C@]2(C)CC[C@@H]31. The second-order valence-electron chi connectivity index (χ2n) is 27.6. The van der Waals surface area contributed by atoms with Gasteiger partial charge in [0.1, 0.15) is 109 Å². The monoisotopic (exact) mass is 1300 g/mol. The van der Waals surface area contributed by atoms with E-state index >= 15 is 0 Å². The van der Waals surface area contributed by atoms with Crippen molar-refractivity contribution in [2.45, 2.75) is 259 Å². The quantitative estimate of drug-likeness (QED) is 0.0290. The number of rotatable bonds is 19. The average molecular weight is 1300 g/mol. The second-order valence-corrected chi connectivity index (χ2v) is 28.6. The van der Waals surface area contributed by atoms with Crippen LogP contribution in [0, 0.1) is 39.4 Å². The van der Waals surface area contributed by atoms with E-state index in [4.69, 9.17) is 61.0 Å². The van der Waals surface area contributed by atoms with Gasteiger partial charge in [0.25, 0.3) is 0 Å². The molecule has 1 spiro atoms. The summed E-state index contributed by atoms with van der Waals surface area (Å²) in [6.07, 6.45) is -33.8. The van der Waals surface area contributed by atoms with Crippen LogP contribution in [0.15, 0.2) is 23.8 Å². The fourth-order valence-corrected chi connectivity index (χ4v) is 17.7. The van der Waals surface area contributed by atoms with E-state index in [-0.39, 0.29) is 41.3 Å². The Labute approximate surface area is 516 Å². The van der Waals surface area contributed by atoms with E-state index < -0.39 is 206 Å². The summed E-state index contributed by atoms with van der Waals surface area (Å²) in [4.78, 5) is 27.2. The molecule has 0 amide bonds. The Kier molecular flexibility index (Phi) is 20.3. The van der Waals surface area contributed by atoms with Gasteiger partial charge in [0, 0.05) is 24.9 Å². The molecule has 0 radical (unpaired) electrons. The Morgan fingerprint density at radius 3 is 1.89 bits per heavy atom. The normalized spacial score (nSPS) is 50.6. The van der Waals surface area contributed by atoms with Gasteiger partial charge in [0.05, 0.1) is 44.1 Å². The molecule has 30 heteroatoms.